The van der Waals surface area contributed by atoms with Crippen molar-refractivity contribution >= 4 is 46.2 Å². The van der Waals surface area contributed by atoms with E-state index in [0.29, 0.717) is 17.1 Å². The van der Waals surface area contributed by atoms with E-state index < -0.39 is 17.8 Å². The minimum Gasteiger partial charge on any atom is -0.382 e. The molecule has 0 radical (unpaired) electrons. The van der Waals surface area contributed by atoms with Gasteiger partial charge in [0.05, 0.1) is 5.69 Å². The van der Waals surface area contributed by atoms with Gasteiger partial charge in [0.1, 0.15) is 23.0 Å². The molecule has 5 rings (SSSR count). The molecule has 0 spiro atoms. The summed E-state index contributed by atoms with van der Waals surface area (Å²) in [7, 11) is 0. The maximum Gasteiger partial charge on any atom is 0.319 e. The number of anilines is 3. The molecular weight excluding hydrogens is 473 g/mol. The van der Waals surface area contributed by atoms with Gasteiger partial charge in [0.15, 0.2) is 5.69 Å². The zero-order valence-electron chi connectivity index (χ0n) is 18.4. The first-order chi connectivity index (χ1) is 16.9. The molecule has 1 aliphatic rings. The Labute approximate surface area is 204 Å². The summed E-state index contributed by atoms with van der Waals surface area (Å²) in [6.07, 6.45) is 5.40. The van der Waals surface area contributed by atoms with Gasteiger partial charge in [-0.25, -0.2) is 19.2 Å². The molecule has 178 valence electrons. The van der Waals surface area contributed by atoms with Crippen LogP contribution in [-0.2, 0) is 6.54 Å². The van der Waals surface area contributed by atoms with E-state index >= 15 is 0 Å². The van der Waals surface area contributed by atoms with Gasteiger partial charge < -0.3 is 21.7 Å². The second-order valence-electron chi connectivity index (χ2n) is 8.21. The van der Waals surface area contributed by atoms with Crippen LogP contribution in [0.1, 0.15) is 40.6 Å². The molecule has 35 heavy (non-hydrogen) atoms. The van der Waals surface area contributed by atoms with Gasteiger partial charge in [-0.3, -0.25) is 9.20 Å². The number of nitrogens with two attached hydrogens (primary N) is 1. The topological polar surface area (TPSA) is 126 Å². The van der Waals surface area contributed by atoms with Gasteiger partial charge in [0.2, 0.25) is 0 Å². The third-order valence-electron chi connectivity index (χ3n) is 5.59. The van der Waals surface area contributed by atoms with E-state index in [-0.39, 0.29) is 28.8 Å². The van der Waals surface area contributed by atoms with Gasteiger partial charge in [-0.1, -0.05) is 23.7 Å². The highest BCUT2D eigenvalue weighted by Gasteiger charge is 2.31. The Morgan fingerprint density at radius 3 is 2.77 bits per heavy atom. The Balaban J connectivity index is 1.27. The Bertz CT molecular complexity index is 1450. The first kappa shape index (κ1) is 22.6. The number of fused-ring (bicyclic) bond motifs is 1. The summed E-state index contributed by atoms with van der Waals surface area (Å²) in [4.78, 5) is 33.9. The quantitative estimate of drug-likeness (QED) is 0.313. The molecule has 5 N–H and O–H groups in total. The number of amides is 3. The number of benzene rings is 2. The highest BCUT2D eigenvalue weighted by atomic mass is 35.5. The number of urea groups is 1. The number of aromatic nitrogens is 3. The van der Waals surface area contributed by atoms with Gasteiger partial charge in [-0.15, -0.1) is 0 Å². The summed E-state index contributed by atoms with van der Waals surface area (Å²) in [5, 5.41) is 8.16. The molecule has 9 nitrogen and oxygen atoms in total. The fraction of sp³-hybridized carbons (Fsp3) is 0.167. The number of nitrogens with zero attached hydrogens (tertiary/aromatic N) is 3. The van der Waals surface area contributed by atoms with Crippen LogP contribution < -0.4 is 21.7 Å². The Morgan fingerprint density at radius 1 is 1.17 bits per heavy atom. The average Bonchev–Trinajstić information content (AvgIpc) is 3.59. The number of halogens is 2. The van der Waals surface area contributed by atoms with Crippen LogP contribution in [0.4, 0.5) is 26.4 Å². The zero-order chi connectivity index (χ0) is 24.5. The molecule has 0 bridgehead atoms. The van der Waals surface area contributed by atoms with Crippen molar-refractivity contribution < 1.29 is 14.0 Å². The SMILES string of the molecule is Nc1nccn2c(C3CC3)nc(C(=O)Nc3cccc(CNC(=O)Nc4ccc(Cl)cc4F)c3)c12. The number of hydrogen-bond acceptors (Lipinski definition) is 5. The van der Waals surface area contributed by atoms with Crippen molar-refractivity contribution in [2.24, 2.45) is 0 Å². The minimum atomic E-state index is -0.634. The third kappa shape index (κ3) is 4.87. The second-order valence-corrected chi connectivity index (χ2v) is 8.65. The van der Waals surface area contributed by atoms with E-state index in [9.17, 15) is 14.0 Å². The number of nitrogen functional groups attached to an aromatic ring is 1. The zero-order valence-corrected chi connectivity index (χ0v) is 19.1. The fourth-order valence-corrected chi connectivity index (χ4v) is 3.92. The van der Waals surface area contributed by atoms with Crippen LogP contribution in [0.15, 0.2) is 54.9 Å². The number of carbonyl (C=O) groups is 2. The number of carbonyl (C=O) groups excluding carboxylic acids is 2. The summed E-state index contributed by atoms with van der Waals surface area (Å²) in [6, 6.07) is 10.4. The minimum absolute atomic E-state index is 0.0135. The standard InChI is InChI=1S/C24H21ClFN7O2/c25-15-6-7-18(17(26)11-15)31-24(35)29-12-13-2-1-3-16(10-13)30-23(34)19-20-21(27)28-8-9-33(20)22(32-19)14-4-5-14/h1-3,6-11,14H,4-5,12H2,(H2,27,28)(H,30,34)(H2,29,31,35). The highest BCUT2D eigenvalue weighted by molar-refractivity contribution is 6.30. The molecule has 0 atom stereocenters. The number of imidazole rings is 1. The molecule has 2 heterocycles. The summed E-state index contributed by atoms with van der Waals surface area (Å²) in [5.74, 6) is 0.311. The van der Waals surface area contributed by atoms with Crippen molar-refractivity contribution in [2.45, 2.75) is 25.3 Å². The van der Waals surface area contributed by atoms with E-state index in [1.807, 2.05) is 4.40 Å². The normalized spacial score (nSPS) is 13.0. The van der Waals surface area contributed by atoms with Crippen LogP contribution in [0.25, 0.3) is 5.52 Å². The molecule has 2 aromatic heterocycles. The molecule has 1 saturated carbocycles. The van der Waals surface area contributed by atoms with E-state index in [4.69, 9.17) is 17.3 Å². The summed E-state index contributed by atoms with van der Waals surface area (Å²) in [5.41, 5.74) is 8.02. The molecule has 0 saturated heterocycles. The Kier molecular flexibility index (Phi) is 5.96. The lowest BCUT2D eigenvalue weighted by Gasteiger charge is -2.10. The van der Waals surface area contributed by atoms with Crippen molar-refractivity contribution in [1.82, 2.24) is 19.7 Å². The van der Waals surface area contributed by atoms with Gasteiger partial charge in [0, 0.05) is 35.6 Å². The molecule has 0 aliphatic heterocycles. The monoisotopic (exact) mass is 493 g/mol. The predicted molar refractivity (Wildman–Crippen MR) is 131 cm³/mol. The maximum absolute atomic E-state index is 13.9. The van der Waals surface area contributed by atoms with E-state index in [1.165, 1.54) is 12.1 Å². The van der Waals surface area contributed by atoms with Gasteiger partial charge >= 0.3 is 6.03 Å². The van der Waals surface area contributed by atoms with Crippen LogP contribution in [0, 0.1) is 5.82 Å². The first-order valence-electron chi connectivity index (χ1n) is 10.9. The maximum atomic E-state index is 13.9. The smallest absolute Gasteiger partial charge is 0.319 e. The summed E-state index contributed by atoms with van der Waals surface area (Å²) in [6.45, 7) is 0.154. The number of nitrogens with one attached hydrogen (secondary N) is 3. The molecule has 0 unspecified atom stereocenters. The molecule has 11 heteroatoms. The van der Waals surface area contributed by atoms with Crippen molar-refractivity contribution in [1.29, 1.82) is 0 Å². The van der Waals surface area contributed by atoms with Crippen LogP contribution >= 0.6 is 11.6 Å². The number of hydrogen-bond donors (Lipinski definition) is 4. The molecule has 2 aromatic carbocycles. The average molecular weight is 494 g/mol. The number of rotatable bonds is 6. The Hall–Kier alpha value is -4.18. The third-order valence-corrected chi connectivity index (χ3v) is 5.82. The van der Waals surface area contributed by atoms with Gasteiger partial charge in [0.25, 0.3) is 5.91 Å². The molecule has 1 fully saturated rings. The van der Waals surface area contributed by atoms with Crippen LogP contribution in [0.5, 0.6) is 0 Å². The van der Waals surface area contributed by atoms with E-state index in [1.54, 1.807) is 36.7 Å². The van der Waals surface area contributed by atoms with Crippen molar-refractivity contribution in [2.75, 3.05) is 16.4 Å². The second kappa shape index (κ2) is 9.22. The van der Waals surface area contributed by atoms with Gasteiger partial charge in [-0.2, -0.15) is 0 Å². The molecule has 1 aliphatic carbocycles. The van der Waals surface area contributed by atoms with Crippen LogP contribution in [0.3, 0.4) is 0 Å². The van der Waals surface area contributed by atoms with Crippen LogP contribution in [-0.4, -0.2) is 26.3 Å². The molecule has 4 aromatic rings. The molecule has 3 amide bonds. The Morgan fingerprint density at radius 2 is 2.00 bits per heavy atom. The predicted octanol–water partition coefficient (Wildman–Crippen LogP) is 4.56. The largest absolute Gasteiger partial charge is 0.382 e. The summed E-state index contributed by atoms with van der Waals surface area (Å²) < 4.78 is 15.7. The lowest BCUT2D eigenvalue weighted by molar-refractivity contribution is 0.102. The fourth-order valence-electron chi connectivity index (χ4n) is 3.76. The van der Waals surface area contributed by atoms with Crippen LogP contribution in [0.2, 0.25) is 5.02 Å². The first-order valence-corrected chi connectivity index (χ1v) is 11.3. The summed E-state index contributed by atoms with van der Waals surface area (Å²) >= 11 is 5.73. The van der Waals surface area contributed by atoms with Crippen molar-refractivity contribution in [3.8, 4) is 0 Å². The van der Waals surface area contributed by atoms with Crippen molar-refractivity contribution in [3.05, 3.63) is 82.8 Å². The van der Waals surface area contributed by atoms with E-state index in [0.717, 1.165) is 30.3 Å². The highest BCUT2D eigenvalue weighted by Crippen LogP contribution is 2.40. The van der Waals surface area contributed by atoms with Gasteiger partial charge in [-0.05, 0) is 48.7 Å². The van der Waals surface area contributed by atoms with Crippen molar-refractivity contribution in [3.63, 3.8) is 0 Å². The lowest BCUT2D eigenvalue weighted by atomic mass is 10.2. The van der Waals surface area contributed by atoms with E-state index in [2.05, 4.69) is 25.9 Å². The lowest BCUT2D eigenvalue weighted by Crippen LogP contribution is -2.28. The molecular formula is C24H21ClFN7O2.